The van der Waals surface area contributed by atoms with Gasteiger partial charge < -0.3 is 10.7 Å². The Kier molecular flexibility index (Phi) is 3.05. The maximum atomic E-state index is 11.3. The van der Waals surface area contributed by atoms with Crippen LogP contribution in [0.3, 0.4) is 0 Å². The lowest BCUT2D eigenvalue weighted by molar-refractivity contribution is 0.0963. The van der Waals surface area contributed by atoms with Crippen LogP contribution in [-0.4, -0.2) is 5.91 Å². The number of amides is 1. The lowest BCUT2D eigenvalue weighted by Gasteiger charge is -2.06. The first-order valence-electron chi connectivity index (χ1n) is 3.76. The molecule has 4 nitrogen and oxygen atoms in total. The highest BCUT2D eigenvalue weighted by Crippen LogP contribution is 1.97. The Morgan fingerprint density at radius 2 is 1.92 bits per heavy atom. The van der Waals surface area contributed by atoms with Crippen LogP contribution < -0.4 is 16.6 Å². The summed E-state index contributed by atoms with van der Waals surface area (Å²) in [6.45, 7) is 3.47. The molecular formula is C9H11N3O. The molecule has 0 saturated heterocycles. The van der Waals surface area contributed by atoms with Crippen molar-refractivity contribution < 1.29 is 4.79 Å². The van der Waals surface area contributed by atoms with E-state index in [-0.39, 0.29) is 11.7 Å². The third kappa shape index (κ3) is 2.61. The van der Waals surface area contributed by atoms with Crippen LogP contribution in [0.1, 0.15) is 10.4 Å². The number of carbonyl (C=O) groups is 1. The average Bonchev–Trinajstić information content (AvgIpc) is 2.19. The molecule has 0 atom stereocenters. The summed E-state index contributed by atoms with van der Waals surface area (Å²) in [7, 11) is 0. The molecule has 0 fully saturated rings. The minimum absolute atomic E-state index is 0.233. The predicted molar refractivity (Wildman–Crippen MR) is 50.4 cm³/mol. The van der Waals surface area contributed by atoms with E-state index in [4.69, 9.17) is 5.84 Å². The standard InChI is InChI=1S/C9H11N3O/c1-7(12-10)11-9(13)8-5-3-2-4-6-8/h2-6,12H,1,10H2,(H,11,13). The lowest BCUT2D eigenvalue weighted by Crippen LogP contribution is -2.34. The monoisotopic (exact) mass is 177 g/mol. The van der Waals surface area contributed by atoms with Crippen LogP contribution in [0.15, 0.2) is 42.7 Å². The molecule has 4 heteroatoms. The Morgan fingerprint density at radius 3 is 2.46 bits per heavy atom. The van der Waals surface area contributed by atoms with E-state index in [1.165, 1.54) is 0 Å². The zero-order valence-corrected chi connectivity index (χ0v) is 7.08. The first-order chi connectivity index (χ1) is 6.24. The number of hydrogen-bond donors (Lipinski definition) is 3. The summed E-state index contributed by atoms with van der Waals surface area (Å²) >= 11 is 0. The fourth-order valence-electron chi connectivity index (χ4n) is 0.835. The Hall–Kier alpha value is -1.81. The fraction of sp³-hybridized carbons (Fsp3) is 0. The largest absolute Gasteiger partial charge is 0.310 e. The molecule has 0 bridgehead atoms. The molecule has 1 aromatic rings. The maximum Gasteiger partial charge on any atom is 0.256 e. The Balaban J connectivity index is 2.65. The second-order valence-corrected chi connectivity index (χ2v) is 2.44. The van der Waals surface area contributed by atoms with Gasteiger partial charge in [0.2, 0.25) is 0 Å². The van der Waals surface area contributed by atoms with Gasteiger partial charge in [-0.2, -0.15) is 0 Å². The number of hydrazine groups is 1. The van der Waals surface area contributed by atoms with Crippen molar-refractivity contribution in [3.05, 3.63) is 48.3 Å². The molecular weight excluding hydrogens is 166 g/mol. The molecule has 0 unspecified atom stereocenters. The van der Waals surface area contributed by atoms with E-state index in [1.807, 2.05) is 6.07 Å². The summed E-state index contributed by atoms with van der Waals surface area (Å²) in [5.41, 5.74) is 2.81. The number of benzene rings is 1. The number of hydrogen-bond acceptors (Lipinski definition) is 3. The van der Waals surface area contributed by atoms with Crippen molar-refractivity contribution in [2.45, 2.75) is 0 Å². The highest BCUT2D eigenvalue weighted by molar-refractivity contribution is 5.95. The zero-order chi connectivity index (χ0) is 9.68. The van der Waals surface area contributed by atoms with Gasteiger partial charge in [0.05, 0.1) is 0 Å². The molecule has 68 valence electrons. The number of nitrogens with one attached hydrogen (secondary N) is 2. The molecule has 0 aromatic heterocycles. The van der Waals surface area contributed by atoms with Gasteiger partial charge in [0.15, 0.2) is 0 Å². The molecule has 0 aliphatic heterocycles. The van der Waals surface area contributed by atoms with Crippen LogP contribution in [0.4, 0.5) is 0 Å². The topological polar surface area (TPSA) is 67.2 Å². The third-order valence-electron chi connectivity index (χ3n) is 1.47. The van der Waals surface area contributed by atoms with Crippen LogP contribution >= 0.6 is 0 Å². The minimum Gasteiger partial charge on any atom is -0.310 e. The summed E-state index contributed by atoms with van der Waals surface area (Å²) in [6, 6.07) is 8.83. The highest BCUT2D eigenvalue weighted by Gasteiger charge is 2.03. The van der Waals surface area contributed by atoms with Crippen molar-refractivity contribution in [3.8, 4) is 0 Å². The van der Waals surface area contributed by atoms with Gasteiger partial charge in [-0.25, -0.2) is 5.84 Å². The van der Waals surface area contributed by atoms with Gasteiger partial charge in [0, 0.05) is 5.56 Å². The minimum atomic E-state index is -0.233. The van der Waals surface area contributed by atoms with E-state index >= 15 is 0 Å². The van der Waals surface area contributed by atoms with Gasteiger partial charge >= 0.3 is 0 Å². The molecule has 0 heterocycles. The van der Waals surface area contributed by atoms with E-state index < -0.39 is 0 Å². The fourth-order valence-corrected chi connectivity index (χ4v) is 0.835. The van der Waals surface area contributed by atoms with Crippen molar-refractivity contribution in [1.29, 1.82) is 0 Å². The maximum absolute atomic E-state index is 11.3. The van der Waals surface area contributed by atoms with E-state index in [0.717, 1.165) is 0 Å². The first kappa shape index (κ1) is 9.28. The van der Waals surface area contributed by atoms with Gasteiger partial charge in [-0.05, 0) is 12.1 Å². The Labute approximate surface area is 76.4 Å². The summed E-state index contributed by atoms with van der Waals surface area (Å²) in [5.74, 6) is 5.07. The summed E-state index contributed by atoms with van der Waals surface area (Å²) in [4.78, 5) is 11.3. The molecule has 0 aliphatic rings. The number of nitrogens with two attached hydrogens (primary N) is 1. The molecule has 13 heavy (non-hydrogen) atoms. The molecule has 1 aromatic carbocycles. The van der Waals surface area contributed by atoms with Crippen molar-refractivity contribution in [2.75, 3.05) is 0 Å². The van der Waals surface area contributed by atoms with Crippen LogP contribution in [0.2, 0.25) is 0 Å². The van der Waals surface area contributed by atoms with Crippen LogP contribution in [0.5, 0.6) is 0 Å². The molecule has 4 N–H and O–H groups in total. The van der Waals surface area contributed by atoms with Crippen LogP contribution in [0.25, 0.3) is 0 Å². The quantitative estimate of drug-likeness (QED) is 0.461. The molecule has 0 saturated carbocycles. The van der Waals surface area contributed by atoms with Crippen molar-refractivity contribution in [3.63, 3.8) is 0 Å². The molecule has 0 spiro atoms. The zero-order valence-electron chi connectivity index (χ0n) is 7.08. The van der Waals surface area contributed by atoms with Crippen LogP contribution in [0, 0.1) is 0 Å². The van der Waals surface area contributed by atoms with E-state index in [0.29, 0.717) is 5.56 Å². The first-order valence-corrected chi connectivity index (χ1v) is 3.76. The molecule has 0 radical (unpaired) electrons. The van der Waals surface area contributed by atoms with Gasteiger partial charge in [0.1, 0.15) is 5.82 Å². The normalized spacial score (nSPS) is 9.00. The van der Waals surface area contributed by atoms with Gasteiger partial charge in [-0.15, -0.1) is 0 Å². The second-order valence-electron chi connectivity index (χ2n) is 2.44. The summed E-state index contributed by atoms with van der Waals surface area (Å²) in [6.07, 6.45) is 0. The predicted octanol–water partition coefficient (Wildman–Crippen LogP) is 0.351. The highest BCUT2D eigenvalue weighted by atomic mass is 16.1. The van der Waals surface area contributed by atoms with Gasteiger partial charge in [-0.1, -0.05) is 24.8 Å². The summed E-state index contributed by atoms with van der Waals surface area (Å²) in [5, 5.41) is 2.48. The SMILES string of the molecule is C=C(NN)NC(=O)c1ccccc1. The Morgan fingerprint density at radius 1 is 1.31 bits per heavy atom. The van der Waals surface area contributed by atoms with Crippen molar-refractivity contribution in [2.24, 2.45) is 5.84 Å². The van der Waals surface area contributed by atoms with Crippen LogP contribution in [-0.2, 0) is 0 Å². The molecule has 1 amide bonds. The van der Waals surface area contributed by atoms with E-state index in [9.17, 15) is 4.79 Å². The van der Waals surface area contributed by atoms with Gasteiger partial charge in [0.25, 0.3) is 5.91 Å². The van der Waals surface area contributed by atoms with E-state index in [1.54, 1.807) is 24.3 Å². The van der Waals surface area contributed by atoms with Gasteiger partial charge in [-0.3, -0.25) is 4.79 Å². The smallest absolute Gasteiger partial charge is 0.256 e. The molecule has 0 aliphatic carbocycles. The average molecular weight is 177 g/mol. The van der Waals surface area contributed by atoms with Crippen molar-refractivity contribution in [1.82, 2.24) is 10.7 Å². The third-order valence-corrected chi connectivity index (χ3v) is 1.47. The second kappa shape index (κ2) is 4.27. The Bertz CT molecular complexity index is 308. The number of rotatable bonds is 3. The number of carbonyl (C=O) groups excluding carboxylic acids is 1. The van der Waals surface area contributed by atoms with E-state index in [2.05, 4.69) is 17.3 Å². The lowest BCUT2D eigenvalue weighted by atomic mass is 10.2. The van der Waals surface area contributed by atoms with Crippen molar-refractivity contribution >= 4 is 5.91 Å². The molecule has 1 rings (SSSR count). The summed E-state index contributed by atoms with van der Waals surface area (Å²) < 4.78 is 0.